The van der Waals surface area contributed by atoms with Crippen molar-refractivity contribution >= 4 is 107 Å². The maximum atomic E-state index is 15.0. The topological polar surface area (TPSA) is 33.6 Å². The summed E-state index contributed by atoms with van der Waals surface area (Å²) in [5, 5.41) is 20.0. The van der Waals surface area contributed by atoms with Gasteiger partial charge in [0.05, 0.1) is 48.4 Å². The third kappa shape index (κ3) is 4.54. The number of hydrogen-bond acceptors (Lipinski definition) is 3. The Morgan fingerprint density at radius 1 is 0.466 bits per heavy atom. The molecule has 58 heavy (non-hydrogen) atoms. The van der Waals surface area contributed by atoms with E-state index in [0.29, 0.717) is 22.5 Å². The number of nitrogens with zero attached hydrogens (tertiary/aromatic N) is 3. The largest absolute Gasteiger partial charge is 0.417 e. The zero-order valence-corrected chi connectivity index (χ0v) is 31.9. The summed E-state index contributed by atoms with van der Waals surface area (Å²) in [7, 11) is 0. The number of thiophene rings is 2. The molecule has 12 rings (SSSR count). The van der Waals surface area contributed by atoms with Crippen LogP contribution in [0.2, 0.25) is 0 Å². The molecule has 274 valence electrons. The van der Waals surface area contributed by atoms with Gasteiger partial charge in [-0.15, -0.1) is 22.7 Å². The second-order valence-electron chi connectivity index (χ2n) is 14.6. The van der Waals surface area contributed by atoms with E-state index in [2.05, 4.69) is 75.9 Å². The van der Waals surface area contributed by atoms with Crippen LogP contribution < -0.4 is 0 Å². The van der Waals surface area contributed by atoms with Gasteiger partial charge in [0.1, 0.15) is 11.6 Å². The van der Waals surface area contributed by atoms with Crippen molar-refractivity contribution in [3.8, 4) is 28.6 Å². The Labute approximate surface area is 336 Å². The normalized spacial score (nSPS) is 12.4. The molecule has 8 aromatic carbocycles. The first-order valence-corrected chi connectivity index (χ1v) is 20.4. The van der Waals surface area contributed by atoms with Gasteiger partial charge < -0.3 is 9.13 Å². The van der Waals surface area contributed by atoms with Crippen LogP contribution in [0, 0.1) is 11.3 Å². The number of hydrogen-bond donors (Lipinski definition) is 0. The van der Waals surface area contributed by atoms with Crippen LogP contribution in [0.4, 0.5) is 13.2 Å². The molecule has 3 nitrogen and oxygen atoms in total. The van der Waals surface area contributed by atoms with Gasteiger partial charge in [0.2, 0.25) is 0 Å². The van der Waals surface area contributed by atoms with Gasteiger partial charge in [-0.2, -0.15) is 18.4 Å². The molecule has 0 fully saturated rings. The van der Waals surface area contributed by atoms with Crippen molar-refractivity contribution in [2.45, 2.75) is 6.18 Å². The Kier molecular flexibility index (Phi) is 6.90. The molecule has 0 aliphatic rings. The average molecular weight is 790 g/mol. The number of rotatable bonds is 3. The molecule has 0 unspecified atom stereocenters. The summed E-state index contributed by atoms with van der Waals surface area (Å²) < 4.78 is 53.5. The van der Waals surface area contributed by atoms with Gasteiger partial charge in [-0.05, 0) is 53.6 Å². The van der Waals surface area contributed by atoms with Gasteiger partial charge in [0.25, 0.3) is 0 Å². The molecule has 4 heterocycles. The van der Waals surface area contributed by atoms with Crippen LogP contribution >= 0.6 is 22.7 Å². The van der Waals surface area contributed by atoms with Crippen molar-refractivity contribution < 1.29 is 13.2 Å². The van der Waals surface area contributed by atoms with Crippen LogP contribution in [-0.4, -0.2) is 9.13 Å². The number of benzene rings is 8. The van der Waals surface area contributed by atoms with Gasteiger partial charge in [-0.25, -0.2) is 0 Å². The third-order valence-electron chi connectivity index (χ3n) is 11.6. The van der Waals surface area contributed by atoms with Crippen LogP contribution in [0.15, 0.2) is 158 Å². The van der Waals surface area contributed by atoms with Gasteiger partial charge >= 0.3 is 6.18 Å². The predicted octanol–water partition coefficient (Wildman–Crippen LogP) is 15.2. The zero-order valence-electron chi connectivity index (χ0n) is 30.3. The highest BCUT2D eigenvalue weighted by molar-refractivity contribution is 7.27. The fraction of sp³-hybridized carbons (Fsp3) is 0.0200. The SMILES string of the molecule is N#Cc1c(-n2c3ccccc3c3ccc4c5ccccc5sc4c32)cc(-c2ccccc2C(F)(F)F)cc1-n1c2ccccc2c2ccc3c4ccccc4sc3c21. The molecule has 0 N–H and O–H groups in total. The molecular weight excluding hydrogens is 764 g/mol. The van der Waals surface area contributed by atoms with Gasteiger partial charge in [0, 0.05) is 52.5 Å². The first kappa shape index (κ1) is 33.2. The van der Waals surface area contributed by atoms with Crippen molar-refractivity contribution in [1.82, 2.24) is 9.13 Å². The van der Waals surface area contributed by atoms with Crippen LogP contribution in [0.25, 0.3) is 106 Å². The molecular formula is C50H26F3N3S2. The minimum absolute atomic E-state index is 0.0440. The summed E-state index contributed by atoms with van der Waals surface area (Å²) in [6.07, 6.45) is -4.61. The summed E-state index contributed by atoms with van der Waals surface area (Å²) in [5.41, 5.74) is 4.60. The minimum Gasteiger partial charge on any atom is -0.306 e. The standard InChI is InChI=1S/C50H26F3N3S2/c51-50(52,53)39-16-6-1-11-29(39)28-25-42(55-40-17-7-2-12-30(40)34-21-23-36-32-14-4-9-19-44(32)57-48(36)46(34)55)38(27-54)43(26-28)56-41-18-8-3-13-31(41)35-22-24-37-33-15-5-10-20-45(33)58-49(37)47(35)56/h1-26H. The lowest BCUT2D eigenvalue weighted by Crippen LogP contribution is -2.09. The van der Waals surface area contributed by atoms with E-state index in [1.165, 1.54) is 12.1 Å². The Balaban J connectivity index is 1.31. The van der Waals surface area contributed by atoms with Gasteiger partial charge in [-0.1, -0.05) is 115 Å². The Hall–Kier alpha value is -6.92. The lowest BCUT2D eigenvalue weighted by atomic mass is 9.96. The van der Waals surface area contributed by atoms with E-state index in [1.54, 1.807) is 40.9 Å². The molecule has 0 saturated carbocycles. The smallest absolute Gasteiger partial charge is 0.306 e. The number of halogens is 3. The number of fused-ring (bicyclic) bond motifs is 14. The second kappa shape index (κ2) is 12.0. The van der Waals surface area contributed by atoms with Crippen molar-refractivity contribution in [3.63, 3.8) is 0 Å². The van der Waals surface area contributed by atoms with Crippen molar-refractivity contribution in [2.24, 2.45) is 0 Å². The Morgan fingerprint density at radius 3 is 1.40 bits per heavy atom. The zero-order chi connectivity index (χ0) is 38.9. The van der Waals surface area contributed by atoms with Gasteiger partial charge in [0.15, 0.2) is 0 Å². The molecule has 0 aliphatic heterocycles. The highest BCUT2D eigenvalue weighted by Crippen LogP contribution is 2.48. The first-order chi connectivity index (χ1) is 28.4. The third-order valence-corrected chi connectivity index (χ3v) is 14.0. The molecule has 12 aromatic rings. The van der Waals surface area contributed by atoms with E-state index in [0.717, 1.165) is 90.0 Å². The van der Waals surface area contributed by atoms with E-state index in [-0.39, 0.29) is 5.56 Å². The monoisotopic (exact) mass is 789 g/mol. The fourth-order valence-corrected chi connectivity index (χ4v) is 11.7. The molecule has 8 heteroatoms. The van der Waals surface area contributed by atoms with Crippen molar-refractivity contribution in [3.05, 3.63) is 169 Å². The Morgan fingerprint density at radius 2 is 0.897 bits per heavy atom. The maximum absolute atomic E-state index is 15.0. The van der Waals surface area contributed by atoms with E-state index in [1.807, 2.05) is 60.7 Å². The first-order valence-electron chi connectivity index (χ1n) is 18.8. The lowest BCUT2D eigenvalue weighted by Gasteiger charge is -2.20. The van der Waals surface area contributed by atoms with Crippen molar-refractivity contribution in [1.29, 1.82) is 5.26 Å². The molecule has 0 bridgehead atoms. The number of alkyl halides is 3. The summed E-state index contributed by atoms with van der Waals surface area (Å²) >= 11 is 3.38. The highest BCUT2D eigenvalue weighted by atomic mass is 32.1. The Bertz CT molecular complexity index is 3550. The van der Waals surface area contributed by atoms with Crippen molar-refractivity contribution in [2.75, 3.05) is 0 Å². The minimum atomic E-state index is -4.61. The molecule has 0 spiro atoms. The summed E-state index contributed by atoms with van der Waals surface area (Å²) in [4.78, 5) is 0. The van der Waals surface area contributed by atoms with Crippen LogP contribution in [0.3, 0.4) is 0 Å². The highest BCUT2D eigenvalue weighted by Gasteiger charge is 2.34. The maximum Gasteiger partial charge on any atom is 0.417 e. The summed E-state index contributed by atoms with van der Waals surface area (Å²) in [6.45, 7) is 0. The van der Waals surface area contributed by atoms with E-state index in [9.17, 15) is 18.4 Å². The summed E-state index contributed by atoms with van der Waals surface area (Å²) in [5.74, 6) is 0. The number of aromatic nitrogens is 2. The lowest BCUT2D eigenvalue weighted by molar-refractivity contribution is -0.137. The van der Waals surface area contributed by atoms with E-state index < -0.39 is 11.7 Å². The van der Waals surface area contributed by atoms with E-state index in [4.69, 9.17) is 0 Å². The van der Waals surface area contributed by atoms with Crippen LogP contribution in [0.1, 0.15) is 11.1 Å². The number of nitriles is 1. The molecule has 0 amide bonds. The fourth-order valence-electron chi connectivity index (χ4n) is 9.18. The average Bonchev–Trinajstić information content (AvgIpc) is 4.00. The number of para-hydroxylation sites is 2. The molecule has 4 aromatic heterocycles. The summed E-state index contributed by atoms with van der Waals surface area (Å²) in [6, 6.07) is 53.3. The second-order valence-corrected chi connectivity index (χ2v) is 16.7. The predicted molar refractivity (Wildman–Crippen MR) is 236 cm³/mol. The van der Waals surface area contributed by atoms with E-state index >= 15 is 0 Å². The van der Waals surface area contributed by atoms with Crippen LogP contribution in [0.5, 0.6) is 0 Å². The van der Waals surface area contributed by atoms with Gasteiger partial charge in [-0.3, -0.25) is 0 Å². The van der Waals surface area contributed by atoms with Crippen LogP contribution in [-0.2, 0) is 6.18 Å². The molecule has 0 atom stereocenters. The quantitative estimate of drug-likeness (QED) is 0.175. The molecule has 0 aliphatic carbocycles. The molecule has 0 saturated heterocycles. The molecule has 0 radical (unpaired) electrons.